The van der Waals surface area contributed by atoms with Crippen LogP contribution in [0.25, 0.3) is 0 Å². The molecule has 0 rings (SSSR count). The summed E-state index contributed by atoms with van der Waals surface area (Å²) in [5.74, 6) is 0.0710. The molecular formula is C13H32O4Si3. The molecule has 0 spiro atoms. The predicted molar refractivity (Wildman–Crippen MR) is 91.4 cm³/mol. The summed E-state index contributed by atoms with van der Waals surface area (Å²) in [5.41, 5.74) is 0. The monoisotopic (exact) mass is 336 g/mol. The Morgan fingerprint density at radius 3 is 1.70 bits per heavy atom. The highest BCUT2D eigenvalue weighted by Gasteiger charge is 2.39. The zero-order valence-corrected chi connectivity index (χ0v) is 17.5. The van der Waals surface area contributed by atoms with Crippen LogP contribution in [0.1, 0.15) is 13.3 Å². The molecule has 0 saturated carbocycles. The molecule has 0 amide bonds. The Hall–Kier alpha value is 0.201. The third kappa shape index (κ3) is 12.0. The Balaban J connectivity index is 4.43. The number of ether oxygens (including phenoxy) is 1. The molecule has 7 heteroatoms. The lowest BCUT2D eigenvalue weighted by molar-refractivity contribution is -0.121. The normalized spacial score (nSPS) is 13.6. The fraction of sp³-hybridized carbons (Fsp3) is 0.923. The molecule has 0 aromatic heterocycles. The van der Waals surface area contributed by atoms with Crippen molar-refractivity contribution in [1.29, 1.82) is 0 Å². The topological polar surface area (TPSA) is 44.8 Å². The zero-order chi connectivity index (χ0) is 16.0. The summed E-state index contributed by atoms with van der Waals surface area (Å²) >= 11 is 0. The number of hydrogen-bond donors (Lipinski definition) is 0. The summed E-state index contributed by atoms with van der Waals surface area (Å²) in [6, 6.07) is 0.930. The van der Waals surface area contributed by atoms with Crippen LogP contribution in [0.5, 0.6) is 0 Å². The van der Waals surface area contributed by atoms with Gasteiger partial charge in [0.15, 0.2) is 22.4 Å². The van der Waals surface area contributed by atoms with E-state index < -0.39 is 25.2 Å². The summed E-state index contributed by atoms with van der Waals surface area (Å²) in [5, 5.41) is 0. The van der Waals surface area contributed by atoms with E-state index in [9.17, 15) is 4.79 Å². The fourth-order valence-electron chi connectivity index (χ4n) is 2.13. The minimum atomic E-state index is -2.14. The van der Waals surface area contributed by atoms with Crippen LogP contribution in [-0.2, 0) is 17.8 Å². The van der Waals surface area contributed by atoms with Gasteiger partial charge in [-0.15, -0.1) is 0 Å². The van der Waals surface area contributed by atoms with Crippen LogP contribution in [0.15, 0.2) is 0 Å². The number of carbonyl (C=O) groups excluding carboxylic acids is 1. The quantitative estimate of drug-likeness (QED) is 0.450. The first-order valence-electron chi connectivity index (χ1n) is 7.31. The lowest BCUT2D eigenvalue weighted by atomic mass is 10.5. The van der Waals surface area contributed by atoms with Gasteiger partial charge < -0.3 is 13.0 Å². The summed E-state index contributed by atoms with van der Waals surface area (Å²) < 4.78 is 18.1. The van der Waals surface area contributed by atoms with Crippen molar-refractivity contribution >= 4 is 31.0 Å². The van der Waals surface area contributed by atoms with E-state index in [2.05, 4.69) is 45.8 Å². The van der Waals surface area contributed by atoms with Crippen LogP contribution in [0, 0.1) is 0 Å². The lowest BCUT2D eigenvalue weighted by Crippen LogP contribution is -2.52. The highest BCUT2D eigenvalue weighted by Crippen LogP contribution is 2.25. The van der Waals surface area contributed by atoms with Crippen molar-refractivity contribution in [3.8, 4) is 0 Å². The van der Waals surface area contributed by atoms with Crippen molar-refractivity contribution in [2.75, 3.05) is 13.2 Å². The van der Waals surface area contributed by atoms with E-state index in [1.165, 1.54) is 0 Å². The molecule has 20 heavy (non-hydrogen) atoms. The van der Waals surface area contributed by atoms with Gasteiger partial charge in [-0.1, -0.05) is 0 Å². The average Bonchev–Trinajstić information content (AvgIpc) is 2.09. The Morgan fingerprint density at radius 2 is 1.35 bits per heavy atom. The van der Waals surface area contributed by atoms with Crippen LogP contribution in [0.3, 0.4) is 0 Å². The molecule has 0 atom stereocenters. The number of carbonyl (C=O) groups is 1. The van der Waals surface area contributed by atoms with Gasteiger partial charge in [0.05, 0.1) is 0 Å². The zero-order valence-electron chi connectivity index (χ0n) is 14.5. The van der Waals surface area contributed by atoms with E-state index in [-0.39, 0.29) is 12.4 Å². The standard InChI is InChI=1S/C13H32O4Si3/c1-13(14)12-15-10-9-11-20(8,16-18(2,3)4)17-19(5,6)7/h9-12H2,1-8H3. The highest BCUT2D eigenvalue weighted by atomic mass is 28.5. The van der Waals surface area contributed by atoms with Crippen LogP contribution in [0.4, 0.5) is 0 Å². The lowest BCUT2D eigenvalue weighted by Gasteiger charge is -2.38. The second-order valence-electron chi connectivity index (χ2n) is 7.42. The second kappa shape index (κ2) is 8.00. The predicted octanol–water partition coefficient (Wildman–Crippen LogP) is 3.76. The van der Waals surface area contributed by atoms with Crippen LogP contribution < -0.4 is 0 Å². The number of rotatable bonds is 10. The van der Waals surface area contributed by atoms with Crippen LogP contribution in [-0.4, -0.2) is 44.2 Å². The van der Waals surface area contributed by atoms with Crippen molar-refractivity contribution in [3.05, 3.63) is 0 Å². The fourth-order valence-corrected chi connectivity index (χ4v) is 14.6. The molecule has 0 aromatic carbocycles. The Morgan fingerprint density at radius 1 is 0.900 bits per heavy atom. The van der Waals surface area contributed by atoms with Gasteiger partial charge in [-0.3, -0.25) is 4.79 Å². The molecule has 0 bridgehead atoms. The number of Topliss-reactive ketones (excluding diaryl/α,β-unsaturated/α-hetero) is 1. The second-order valence-corrected chi connectivity index (χ2v) is 20.3. The molecule has 0 fully saturated rings. The molecule has 0 aliphatic rings. The van der Waals surface area contributed by atoms with Crippen LogP contribution >= 0.6 is 0 Å². The van der Waals surface area contributed by atoms with Gasteiger partial charge in [0.25, 0.3) is 0 Å². The van der Waals surface area contributed by atoms with Gasteiger partial charge in [0.2, 0.25) is 0 Å². The van der Waals surface area contributed by atoms with Crippen molar-refractivity contribution in [2.45, 2.75) is 65.2 Å². The molecule has 0 aliphatic heterocycles. The third-order valence-corrected chi connectivity index (χ3v) is 11.9. The molecule has 0 unspecified atom stereocenters. The maximum atomic E-state index is 10.8. The first kappa shape index (κ1) is 20.2. The first-order valence-corrected chi connectivity index (χ1v) is 16.6. The molecule has 0 saturated heterocycles. The maximum Gasteiger partial charge on any atom is 0.314 e. The smallest absolute Gasteiger partial charge is 0.314 e. The summed E-state index contributed by atoms with van der Waals surface area (Å²) in [4.78, 5) is 10.8. The largest absolute Gasteiger partial charge is 0.437 e. The Labute approximate surface area is 127 Å². The highest BCUT2D eigenvalue weighted by molar-refractivity contribution is 6.87. The minimum absolute atomic E-state index is 0.0710. The summed E-state index contributed by atoms with van der Waals surface area (Å²) in [6.45, 7) is 17.8. The summed E-state index contributed by atoms with van der Waals surface area (Å²) in [7, 11) is -5.37. The van der Waals surface area contributed by atoms with Crippen molar-refractivity contribution < 1.29 is 17.8 Å². The number of hydrogen-bond acceptors (Lipinski definition) is 4. The van der Waals surface area contributed by atoms with Gasteiger partial charge >= 0.3 is 8.56 Å². The molecule has 0 aliphatic carbocycles. The maximum absolute atomic E-state index is 10.8. The Kier molecular flexibility index (Phi) is 8.08. The van der Waals surface area contributed by atoms with Gasteiger partial charge in [-0.2, -0.15) is 0 Å². The first-order chi connectivity index (χ1) is 8.83. The van der Waals surface area contributed by atoms with Crippen molar-refractivity contribution in [1.82, 2.24) is 0 Å². The van der Waals surface area contributed by atoms with Gasteiger partial charge in [-0.05, 0) is 65.2 Å². The molecule has 0 radical (unpaired) electrons. The SMILES string of the molecule is CC(=O)COCCC[Si](C)(O[Si](C)(C)C)O[Si](C)(C)C. The minimum Gasteiger partial charge on any atom is -0.437 e. The third-order valence-electron chi connectivity index (χ3n) is 2.27. The average molecular weight is 337 g/mol. The molecule has 4 nitrogen and oxygen atoms in total. The molecule has 120 valence electrons. The van der Waals surface area contributed by atoms with Crippen LogP contribution in [0.2, 0.25) is 51.9 Å². The molecular weight excluding hydrogens is 304 g/mol. The van der Waals surface area contributed by atoms with E-state index in [1.54, 1.807) is 6.92 Å². The summed E-state index contributed by atoms with van der Waals surface area (Å²) in [6.07, 6.45) is 0.894. The van der Waals surface area contributed by atoms with Crippen molar-refractivity contribution in [3.63, 3.8) is 0 Å². The van der Waals surface area contributed by atoms with Gasteiger partial charge in [0.1, 0.15) is 6.61 Å². The molecule has 0 aromatic rings. The van der Waals surface area contributed by atoms with Gasteiger partial charge in [-0.25, -0.2) is 0 Å². The van der Waals surface area contributed by atoms with E-state index in [0.29, 0.717) is 6.61 Å². The van der Waals surface area contributed by atoms with E-state index in [1.807, 2.05) is 0 Å². The Bertz CT molecular complexity index is 292. The number of ketones is 1. The van der Waals surface area contributed by atoms with E-state index >= 15 is 0 Å². The molecule has 0 N–H and O–H groups in total. The van der Waals surface area contributed by atoms with E-state index in [4.69, 9.17) is 13.0 Å². The van der Waals surface area contributed by atoms with Gasteiger partial charge in [0, 0.05) is 6.61 Å². The van der Waals surface area contributed by atoms with E-state index in [0.717, 1.165) is 12.5 Å². The van der Waals surface area contributed by atoms with Crippen molar-refractivity contribution in [2.24, 2.45) is 0 Å². The molecule has 0 heterocycles.